The van der Waals surface area contributed by atoms with E-state index in [-0.39, 0.29) is 17.9 Å². The number of carbonyl (C=O) groups excluding carboxylic acids is 2. The van der Waals surface area contributed by atoms with Gasteiger partial charge in [-0.05, 0) is 56.2 Å². The molecule has 2 amide bonds. The number of hydrogen-bond donors (Lipinski definition) is 0. The first-order chi connectivity index (χ1) is 20.4. The smallest absolute Gasteiger partial charge is 0.254 e. The van der Waals surface area contributed by atoms with Crippen molar-refractivity contribution in [1.82, 2.24) is 24.6 Å². The first-order valence-electron chi connectivity index (χ1n) is 13.9. The molecule has 1 atom stereocenters. The van der Waals surface area contributed by atoms with E-state index in [1.54, 1.807) is 50.4 Å². The Labute approximate surface area is 249 Å². The Morgan fingerprint density at radius 1 is 1.02 bits per heavy atom. The minimum absolute atomic E-state index is 0.0919. The highest BCUT2D eigenvalue weighted by Crippen LogP contribution is 2.30. The molecule has 3 heterocycles. The number of methoxy groups -OCH3 is 2. The van der Waals surface area contributed by atoms with E-state index < -0.39 is 0 Å². The van der Waals surface area contributed by atoms with Gasteiger partial charge < -0.3 is 23.7 Å². The van der Waals surface area contributed by atoms with Gasteiger partial charge in [-0.1, -0.05) is 30.0 Å². The molecule has 2 aromatic carbocycles. The molecule has 1 unspecified atom stereocenters. The van der Waals surface area contributed by atoms with Gasteiger partial charge in [-0.25, -0.2) is 0 Å². The number of para-hydroxylation sites is 1. The third-order valence-electron chi connectivity index (χ3n) is 7.34. The Kier molecular flexibility index (Phi) is 9.16. The molecule has 1 aliphatic rings. The van der Waals surface area contributed by atoms with Crippen molar-refractivity contribution in [2.24, 2.45) is 0 Å². The van der Waals surface area contributed by atoms with Crippen LogP contribution in [0.15, 0.2) is 70.4 Å². The third-order valence-corrected chi connectivity index (χ3v) is 8.35. The van der Waals surface area contributed by atoms with E-state index in [2.05, 4.69) is 23.2 Å². The van der Waals surface area contributed by atoms with Crippen LogP contribution in [0, 0.1) is 6.92 Å². The maximum absolute atomic E-state index is 13.3. The molecule has 0 spiro atoms. The van der Waals surface area contributed by atoms with Crippen molar-refractivity contribution in [3.8, 4) is 28.8 Å². The molecular weight excluding hydrogens is 554 g/mol. The molecule has 0 radical (unpaired) electrons. The van der Waals surface area contributed by atoms with Crippen LogP contribution in [-0.2, 0) is 4.79 Å². The van der Waals surface area contributed by atoms with E-state index in [9.17, 15) is 9.59 Å². The number of hydrogen-bond acceptors (Lipinski definition) is 8. The van der Waals surface area contributed by atoms with Gasteiger partial charge in [0.15, 0.2) is 10.9 Å². The van der Waals surface area contributed by atoms with Crippen molar-refractivity contribution in [2.45, 2.75) is 37.9 Å². The van der Waals surface area contributed by atoms with Gasteiger partial charge in [0.05, 0.1) is 26.2 Å². The topological polar surface area (TPSA) is 103 Å². The Hall–Kier alpha value is -4.25. The molecule has 2 aromatic heterocycles. The number of piperazine rings is 1. The van der Waals surface area contributed by atoms with Gasteiger partial charge in [-0.2, -0.15) is 0 Å². The third kappa shape index (κ3) is 6.30. The van der Waals surface area contributed by atoms with Gasteiger partial charge in [0.1, 0.15) is 11.5 Å². The summed E-state index contributed by atoms with van der Waals surface area (Å²) in [4.78, 5) is 30.0. The molecule has 5 rings (SSSR count). The first-order valence-corrected chi connectivity index (χ1v) is 14.9. The lowest BCUT2D eigenvalue weighted by Crippen LogP contribution is -2.55. The summed E-state index contributed by atoms with van der Waals surface area (Å²) in [7, 11) is 3.11. The number of benzene rings is 2. The minimum atomic E-state index is -0.116. The lowest BCUT2D eigenvalue weighted by atomic mass is 10.1. The van der Waals surface area contributed by atoms with Gasteiger partial charge in [0.2, 0.25) is 11.7 Å². The first kappa shape index (κ1) is 29.2. The average Bonchev–Trinajstić information content (AvgIpc) is 3.69. The van der Waals surface area contributed by atoms with Crippen molar-refractivity contribution in [3.05, 3.63) is 72.0 Å². The molecule has 11 heteroatoms. The van der Waals surface area contributed by atoms with Crippen LogP contribution in [0.4, 0.5) is 0 Å². The number of aromatic nitrogens is 3. The molecule has 4 aromatic rings. The minimum Gasteiger partial charge on any atom is -0.497 e. The highest BCUT2D eigenvalue weighted by Gasteiger charge is 2.30. The largest absolute Gasteiger partial charge is 0.497 e. The molecule has 42 heavy (non-hydrogen) atoms. The standard InChI is InChI=1S/C31H35N5O5S/c1-21-9-5-6-10-26(21)36-29(27-11-7-15-41-27)32-33-31(36)42-16-8-12-28(37)34-13-14-35(22(2)20-34)30(38)23-17-24(39-3)19-25(18-23)40-4/h5-7,9-11,15,17-19,22H,8,12-14,16,20H2,1-4H3. The predicted octanol–water partition coefficient (Wildman–Crippen LogP) is 5.10. The number of thioether (sulfide) groups is 1. The molecule has 0 bridgehead atoms. The Morgan fingerprint density at radius 2 is 1.79 bits per heavy atom. The van der Waals surface area contributed by atoms with Crippen LogP contribution < -0.4 is 9.47 Å². The fraction of sp³-hybridized carbons (Fsp3) is 0.355. The quantitative estimate of drug-likeness (QED) is 0.186. The van der Waals surface area contributed by atoms with Gasteiger partial charge in [-0.3, -0.25) is 14.2 Å². The molecule has 1 fully saturated rings. The normalized spacial score (nSPS) is 15.1. The number of furan rings is 1. The molecule has 0 saturated carbocycles. The highest BCUT2D eigenvalue weighted by molar-refractivity contribution is 7.99. The Bertz CT molecular complexity index is 1510. The zero-order valence-electron chi connectivity index (χ0n) is 24.3. The van der Waals surface area contributed by atoms with Gasteiger partial charge in [0.25, 0.3) is 5.91 Å². The summed E-state index contributed by atoms with van der Waals surface area (Å²) in [6, 6.07) is 16.8. The second kappa shape index (κ2) is 13.2. The van der Waals surface area contributed by atoms with Crippen LogP contribution in [0.2, 0.25) is 0 Å². The summed E-state index contributed by atoms with van der Waals surface area (Å²) in [6.07, 6.45) is 2.73. The van der Waals surface area contributed by atoms with Crippen LogP contribution in [0.3, 0.4) is 0 Å². The molecule has 10 nitrogen and oxygen atoms in total. The number of ether oxygens (including phenoxy) is 2. The van der Waals surface area contributed by atoms with Crippen molar-refractivity contribution < 1.29 is 23.5 Å². The van der Waals surface area contributed by atoms with E-state index in [1.807, 2.05) is 51.6 Å². The molecule has 0 N–H and O–H groups in total. The van der Waals surface area contributed by atoms with Crippen molar-refractivity contribution in [3.63, 3.8) is 0 Å². The summed E-state index contributed by atoms with van der Waals surface area (Å²) in [5, 5.41) is 9.60. The summed E-state index contributed by atoms with van der Waals surface area (Å²) < 4.78 is 18.3. The zero-order chi connectivity index (χ0) is 29.6. The van der Waals surface area contributed by atoms with Crippen LogP contribution in [0.1, 0.15) is 35.7 Å². The van der Waals surface area contributed by atoms with E-state index in [1.165, 1.54) is 0 Å². The lowest BCUT2D eigenvalue weighted by molar-refractivity contribution is -0.133. The summed E-state index contributed by atoms with van der Waals surface area (Å²) in [6.45, 7) is 5.48. The summed E-state index contributed by atoms with van der Waals surface area (Å²) in [5.74, 6) is 3.10. The fourth-order valence-electron chi connectivity index (χ4n) is 5.09. The highest BCUT2D eigenvalue weighted by atomic mass is 32.2. The second-order valence-corrected chi connectivity index (χ2v) is 11.2. The van der Waals surface area contributed by atoms with Crippen LogP contribution in [-0.4, -0.2) is 82.0 Å². The Morgan fingerprint density at radius 3 is 2.45 bits per heavy atom. The van der Waals surface area contributed by atoms with Gasteiger partial charge >= 0.3 is 0 Å². The molecule has 220 valence electrons. The van der Waals surface area contributed by atoms with Crippen LogP contribution in [0.25, 0.3) is 17.3 Å². The van der Waals surface area contributed by atoms with E-state index in [0.717, 1.165) is 16.4 Å². The van der Waals surface area contributed by atoms with Crippen molar-refractivity contribution in [1.29, 1.82) is 0 Å². The zero-order valence-corrected chi connectivity index (χ0v) is 25.1. The van der Waals surface area contributed by atoms with E-state index in [0.29, 0.717) is 66.9 Å². The van der Waals surface area contributed by atoms with E-state index >= 15 is 0 Å². The number of amides is 2. The fourth-order valence-corrected chi connectivity index (χ4v) is 5.97. The van der Waals surface area contributed by atoms with Gasteiger partial charge in [-0.15, -0.1) is 10.2 Å². The summed E-state index contributed by atoms with van der Waals surface area (Å²) >= 11 is 1.57. The van der Waals surface area contributed by atoms with Gasteiger partial charge in [0, 0.05) is 49.5 Å². The molecule has 1 saturated heterocycles. The number of carbonyl (C=O) groups is 2. The second-order valence-electron chi connectivity index (χ2n) is 10.1. The van der Waals surface area contributed by atoms with E-state index in [4.69, 9.17) is 13.9 Å². The average molecular weight is 590 g/mol. The SMILES string of the molecule is COc1cc(OC)cc(C(=O)N2CCN(C(=O)CCCSc3nnc(-c4ccco4)n3-c3ccccc3C)CC2C)c1. The molecule has 1 aliphatic heterocycles. The molecular formula is C31H35N5O5S. The van der Waals surface area contributed by atoms with Crippen LogP contribution >= 0.6 is 11.8 Å². The lowest BCUT2D eigenvalue weighted by Gasteiger charge is -2.40. The number of aryl methyl sites for hydroxylation is 1. The van der Waals surface area contributed by atoms with Crippen LogP contribution in [0.5, 0.6) is 11.5 Å². The van der Waals surface area contributed by atoms with Crippen molar-refractivity contribution >= 4 is 23.6 Å². The number of nitrogens with zero attached hydrogens (tertiary/aromatic N) is 5. The maximum atomic E-state index is 13.3. The monoisotopic (exact) mass is 589 g/mol. The van der Waals surface area contributed by atoms with Crippen molar-refractivity contribution in [2.75, 3.05) is 39.6 Å². The molecule has 0 aliphatic carbocycles. The predicted molar refractivity (Wildman–Crippen MR) is 160 cm³/mol. The number of rotatable bonds is 10. The maximum Gasteiger partial charge on any atom is 0.254 e. The summed E-state index contributed by atoms with van der Waals surface area (Å²) in [5.41, 5.74) is 2.59. The Balaban J connectivity index is 1.17.